The molecule has 4 rings (SSSR count). The fourth-order valence-electron chi connectivity index (χ4n) is 2.79. The number of fused-ring (bicyclic) bond motifs is 2. The molecule has 0 amide bonds. The molecule has 1 aromatic carbocycles. The first-order chi connectivity index (χ1) is 12.0. The summed E-state index contributed by atoms with van der Waals surface area (Å²) in [4.78, 5) is 44.7. The molecule has 0 radical (unpaired) electrons. The van der Waals surface area contributed by atoms with Gasteiger partial charge in [0.2, 0.25) is 5.43 Å². The lowest BCUT2D eigenvalue weighted by molar-refractivity contribution is 0.511. The zero-order valence-electron chi connectivity index (χ0n) is 13.0. The molecule has 3 heterocycles. The molecule has 0 unspecified atom stereocenters. The summed E-state index contributed by atoms with van der Waals surface area (Å²) in [6, 6.07) is 4.63. The number of aryl methyl sites for hydroxylation is 1. The summed E-state index contributed by atoms with van der Waals surface area (Å²) in [6.07, 6.45) is 3.17. The molecule has 0 aliphatic carbocycles. The summed E-state index contributed by atoms with van der Waals surface area (Å²) in [5.41, 5.74) is -0.504. The Morgan fingerprint density at radius 3 is 2.76 bits per heavy atom. The van der Waals surface area contributed by atoms with Gasteiger partial charge in [-0.15, -0.1) is 0 Å². The van der Waals surface area contributed by atoms with Crippen molar-refractivity contribution in [1.82, 2.24) is 24.3 Å². The molecule has 126 valence electrons. The second-order valence-electron chi connectivity index (χ2n) is 5.71. The van der Waals surface area contributed by atoms with Gasteiger partial charge in [-0.25, -0.2) is 9.67 Å². The number of H-pyrrole nitrogens is 2. The maximum absolute atomic E-state index is 12.8. The number of halogens is 1. The number of hydrogen-bond acceptors (Lipinski definition) is 4. The van der Waals surface area contributed by atoms with Crippen molar-refractivity contribution in [3.05, 3.63) is 72.4 Å². The number of pyridine rings is 1. The zero-order chi connectivity index (χ0) is 17.7. The number of nitrogens with one attached hydrogen (secondary N) is 2. The Hall–Kier alpha value is -3.13. The first-order valence-electron chi connectivity index (χ1n) is 7.41. The molecule has 0 aliphatic heterocycles. The smallest absolute Gasteiger partial charge is 0.287 e. The van der Waals surface area contributed by atoms with Gasteiger partial charge in [-0.05, 0) is 25.1 Å². The van der Waals surface area contributed by atoms with Crippen LogP contribution in [0.5, 0.6) is 0 Å². The van der Waals surface area contributed by atoms with Crippen LogP contribution in [0.15, 0.2) is 45.1 Å². The van der Waals surface area contributed by atoms with Gasteiger partial charge in [0.15, 0.2) is 0 Å². The average molecular weight is 358 g/mol. The maximum atomic E-state index is 12.8. The van der Waals surface area contributed by atoms with E-state index in [9.17, 15) is 14.4 Å². The van der Waals surface area contributed by atoms with Crippen LogP contribution in [0.2, 0.25) is 5.02 Å². The van der Waals surface area contributed by atoms with E-state index in [1.807, 2.05) is 6.92 Å². The van der Waals surface area contributed by atoms with Crippen LogP contribution in [0.1, 0.15) is 5.69 Å². The van der Waals surface area contributed by atoms with Crippen LogP contribution in [0.4, 0.5) is 0 Å². The van der Waals surface area contributed by atoms with Crippen LogP contribution in [-0.4, -0.2) is 24.3 Å². The summed E-state index contributed by atoms with van der Waals surface area (Å²) in [7, 11) is 0. The molecule has 0 aliphatic rings. The lowest BCUT2D eigenvalue weighted by Gasteiger charge is -2.10. The molecule has 0 bridgehead atoms. The topological polar surface area (TPSA) is 106 Å². The number of aromatic nitrogens is 5. The standard InChI is InChI=1S/C16H12ClN5O3/c1-8-5-18-6-21(8)7-22-16(25)12-13(15(24)20-22)19-11-4-9(17)2-3-10(11)14(12)23/h2-6H,7H2,1H3,(H,19,23)(H,20,24). The lowest BCUT2D eigenvalue weighted by Crippen LogP contribution is -2.35. The number of rotatable bonds is 2. The second-order valence-corrected chi connectivity index (χ2v) is 6.15. The molecule has 4 aromatic rings. The maximum Gasteiger partial charge on any atom is 0.287 e. The SMILES string of the molecule is Cc1cncn1Cn1[nH]c(=O)c2[nH]c3cc(Cl)ccc3c(=O)c2c1=O. The van der Waals surface area contributed by atoms with Gasteiger partial charge >= 0.3 is 0 Å². The molecule has 8 nitrogen and oxygen atoms in total. The van der Waals surface area contributed by atoms with Crippen molar-refractivity contribution in [2.45, 2.75) is 13.6 Å². The lowest BCUT2D eigenvalue weighted by atomic mass is 10.1. The van der Waals surface area contributed by atoms with Gasteiger partial charge in [-0.1, -0.05) is 11.6 Å². The Labute approximate surface area is 144 Å². The Morgan fingerprint density at radius 1 is 1.24 bits per heavy atom. The van der Waals surface area contributed by atoms with E-state index in [1.165, 1.54) is 18.5 Å². The largest absolute Gasteiger partial charge is 0.350 e. The first-order valence-corrected chi connectivity index (χ1v) is 7.78. The predicted molar refractivity (Wildman–Crippen MR) is 94.3 cm³/mol. The van der Waals surface area contributed by atoms with E-state index in [-0.39, 0.29) is 17.6 Å². The minimum absolute atomic E-state index is 0.0495. The summed E-state index contributed by atoms with van der Waals surface area (Å²) in [5, 5.41) is 3.02. The van der Waals surface area contributed by atoms with E-state index in [1.54, 1.807) is 16.8 Å². The minimum atomic E-state index is -0.583. The van der Waals surface area contributed by atoms with Crippen LogP contribution >= 0.6 is 11.6 Å². The summed E-state index contributed by atoms with van der Waals surface area (Å²) in [5.74, 6) is 0. The van der Waals surface area contributed by atoms with Crippen LogP contribution in [-0.2, 0) is 6.67 Å². The summed E-state index contributed by atoms with van der Waals surface area (Å²) < 4.78 is 2.77. The Balaban J connectivity index is 2.06. The van der Waals surface area contributed by atoms with Crippen molar-refractivity contribution in [2.24, 2.45) is 0 Å². The van der Waals surface area contributed by atoms with E-state index in [0.29, 0.717) is 15.9 Å². The van der Waals surface area contributed by atoms with Crippen LogP contribution in [0, 0.1) is 6.92 Å². The number of benzene rings is 1. The molecule has 0 spiro atoms. The van der Waals surface area contributed by atoms with E-state index in [0.717, 1.165) is 10.4 Å². The fraction of sp³-hybridized carbons (Fsp3) is 0.125. The number of imidazole rings is 1. The first kappa shape index (κ1) is 15.4. The Bertz CT molecular complexity index is 1310. The van der Waals surface area contributed by atoms with E-state index < -0.39 is 16.5 Å². The van der Waals surface area contributed by atoms with Crippen molar-refractivity contribution in [3.8, 4) is 0 Å². The molecular formula is C16H12ClN5O3. The average Bonchev–Trinajstić information content (AvgIpc) is 2.97. The van der Waals surface area contributed by atoms with Crippen molar-refractivity contribution in [3.63, 3.8) is 0 Å². The zero-order valence-corrected chi connectivity index (χ0v) is 13.8. The number of aromatic amines is 2. The van der Waals surface area contributed by atoms with E-state index in [2.05, 4.69) is 15.1 Å². The van der Waals surface area contributed by atoms with Crippen molar-refractivity contribution >= 4 is 33.4 Å². The number of nitrogens with zero attached hydrogens (tertiary/aromatic N) is 3. The Kier molecular flexibility index (Phi) is 3.36. The third-order valence-electron chi connectivity index (χ3n) is 4.10. The van der Waals surface area contributed by atoms with Gasteiger partial charge in [0.05, 0.1) is 11.8 Å². The monoisotopic (exact) mass is 357 g/mol. The molecule has 3 aromatic heterocycles. The van der Waals surface area contributed by atoms with E-state index >= 15 is 0 Å². The predicted octanol–water partition coefficient (Wildman–Crippen LogP) is 1.20. The third kappa shape index (κ3) is 2.38. The van der Waals surface area contributed by atoms with Gasteiger partial charge in [-0.2, -0.15) is 0 Å². The van der Waals surface area contributed by atoms with Crippen LogP contribution < -0.4 is 16.5 Å². The minimum Gasteiger partial charge on any atom is -0.350 e. The normalized spacial score (nSPS) is 11.4. The highest BCUT2D eigenvalue weighted by molar-refractivity contribution is 6.31. The molecule has 2 N–H and O–H groups in total. The summed E-state index contributed by atoms with van der Waals surface area (Å²) in [6.45, 7) is 1.87. The number of hydrogen-bond donors (Lipinski definition) is 2. The Morgan fingerprint density at radius 2 is 2.04 bits per heavy atom. The molecule has 9 heteroatoms. The molecule has 0 fully saturated rings. The highest BCUT2D eigenvalue weighted by Gasteiger charge is 2.15. The third-order valence-corrected chi connectivity index (χ3v) is 4.33. The highest BCUT2D eigenvalue weighted by atomic mass is 35.5. The fourth-order valence-corrected chi connectivity index (χ4v) is 2.96. The van der Waals surface area contributed by atoms with Gasteiger partial charge in [0.1, 0.15) is 17.6 Å². The molecule has 0 saturated heterocycles. The van der Waals surface area contributed by atoms with Crippen LogP contribution in [0.3, 0.4) is 0 Å². The summed E-state index contributed by atoms with van der Waals surface area (Å²) >= 11 is 5.93. The van der Waals surface area contributed by atoms with Gasteiger partial charge in [-0.3, -0.25) is 19.5 Å². The van der Waals surface area contributed by atoms with Crippen molar-refractivity contribution in [2.75, 3.05) is 0 Å². The second kappa shape index (κ2) is 5.45. The molecule has 0 atom stereocenters. The molecular weight excluding hydrogens is 346 g/mol. The molecule has 25 heavy (non-hydrogen) atoms. The molecule has 0 saturated carbocycles. The van der Waals surface area contributed by atoms with Gasteiger partial charge in [0.25, 0.3) is 11.1 Å². The van der Waals surface area contributed by atoms with Crippen LogP contribution in [0.25, 0.3) is 21.8 Å². The quantitative estimate of drug-likeness (QED) is 0.526. The van der Waals surface area contributed by atoms with Crippen molar-refractivity contribution < 1.29 is 0 Å². The van der Waals surface area contributed by atoms with Crippen molar-refractivity contribution in [1.29, 1.82) is 0 Å². The van der Waals surface area contributed by atoms with E-state index in [4.69, 9.17) is 11.6 Å². The highest BCUT2D eigenvalue weighted by Crippen LogP contribution is 2.16. The van der Waals surface area contributed by atoms with Gasteiger partial charge < -0.3 is 9.55 Å². The van der Waals surface area contributed by atoms with Gasteiger partial charge in [0, 0.05) is 22.3 Å².